The van der Waals surface area contributed by atoms with Gasteiger partial charge in [-0.3, -0.25) is 0 Å². The SMILES string of the molecule is Nc1cc(C(=O)[O-])ccc1C(=O)[O-].Nc1cc(C(=O)[O-])ccc1C(=O)[O-].[Zr+4]. The molecule has 0 radical (unpaired) electrons. The molecule has 0 saturated carbocycles. The Bertz CT molecular complexity index is 824. The topological polar surface area (TPSA) is 213 Å². The van der Waals surface area contributed by atoms with Crippen molar-refractivity contribution < 1.29 is 65.8 Å². The minimum atomic E-state index is -1.44. The van der Waals surface area contributed by atoms with Crippen molar-refractivity contribution in [1.82, 2.24) is 0 Å². The van der Waals surface area contributed by atoms with Gasteiger partial charge in [-0.1, -0.05) is 24.3 Å². The number of carbonyl (C=O) groups is 4. The standard InChI is InChI=1S/2C8H7NO4.Zr/c2*9-6-3-4(7(10)11)1-2-5(6)8(12)13;/h2*1-3H,9H2,(H,10,11)(H,12,13);/q;;+4/p-4. The van der Waals surface area contributed by atoms with Crippen molar-refractivity contribution in [2.45, 2.75) is 0 Å². The first-order chi connectivity index (χ1) is 12.0. The first kappa shape index (κ1) is 23.8. The van der Waals surface area contributed by atoms with E-state index in [9.17, 15) is 39.6 Å². The van der Waals surface area contributed by atoms with Crippen molar-refractivity contribution in [3.63, 3.8) is 0 Å². The fourth-order valence-corrected chi connectivity index (χ4v) is 1.75. The Hall–Kier alpha value is -3.20. The summed E-state index contributed by atoms with van der Waals surface area (Å²) in [7, 11) is 0. The number of nitrogens with two attached hydrogens (primary N) is 2. The van der Waals surface area contributed by atoms with Crippen molar-refractivity contribution in [2.75, 3.05) is 11.5 Å². The van der Waals surface area contributed by atoms with E-state index in [-0.39, 0.29) is 59.8 Å². The summed E-state index contributed by atoms with van der Waals surface area (Å²) in [6.07, 6.45) is 0. The second-order valence-corrected chi connectivity index (χ2v) is 4.75. The molecule has 0 aromatic heterocycles. The van der Waals surface area contributed by atoms with Crippen LogP contribution >= 0.6 is 0 Å². The average Bonchev–Trinajstić information content (AvgIpc) is 2.54. The molecule has 136 valence electrons. The number of carboxylic acids is 4. The molecule has 0 aliphatic carbocycles. The summed E-state index contributed by atoms with van der Waals surface area (Å²) in [5.41, 5.74) is 9.40. The molecular weight excluding hydrogens is 439 g/mol. The fraction of sp³-hybridized carbons (Fsp3) is 0. The molecule has 2 rings (SSSR count). The van der Waals surface area contributed by atoms with Crippen molar-refractivity contribution in [1.29, 1.82) is 0 Å². The number of anilines is 2. The number of rotatable bonds is 4. The van der Waals surface area contributed by atoms with Crippen LogP contribution in [-0.2, 0) is 26.2 Å². The van der Waals surface area contributed by atoms with Gasteiger partial charge in [0.1, 0.15) is 0 Å². The number of carbonyl (C=O) groups excluding carboxylic acids is 4. The van der Waals surface area contributed by atoms with Crippen LogP contribution in [0.4, 0.5) is 11.4 Å². The van der Waals surface area contributed by atoms with Crippen molar-refractivity contribution in [3.05, 3.63) is 58.7 Å². The van der Waals surface area contributed by atoms with Crippen LogP contribution in [0.3, 0.4) is 0 Å². The van der Waals surface area contributed by atoms with E-state index >= 15 is 0 Å². The largest absolute Gasteiger partial charge is 4.00 e. The normalized spacial score (nSPS) is 9.19. The van der Waals surface area contributed by atoms with E-state index in [4.69, 9.17) is 11.5 Å². The summed E-state index contributed by atoms with van der Waals surface area (Å²) in [4.78, 5) is 41.3. The molecule has 10 nitrogen and oxygen atoms in total. The van der Waals surface area contributed by atoms with E-state index in [1.807, 2.05) is 0 Å². The monoisotopic (exact) mass is 448 g/mol. The molecule has 0 amide bonds. The summed E-state index contributed by atoms with van der Waals surface area (Å²) >= 11 is 0. The molecule has 0 spiro atoms. The predicted molar refractivity (Wildman–Crippen MR) is 79.0 cm³/mol. The molecule has 11 heteroatoms. The van der Waals surface area contributed by atoms with E-state index in [2.05, 4.69) is 0 Å². The zero-order valence-corrected chi connectivity index (χ0v) is 15.8. The smallest absolute Gasteiger partial charge is 0.545 e. The van der Waals surface area contributed by atoms with Crippen LogP contribution in [0.2, 0.25) is 0 Å². The Morgan fingerprint density at radius 2 is 0.889 bits per heavy atom. The molecule has 2 aromatic carbocycles. The molecule has 0 saturated heterocycles. The van der Waals surface area contributed by atoms with Crippen LogP contribution in [0.5, 0.6) is 0 Å². The van der Waals surface area contributed by atoms with Crippen LogP contribution in [0.15, 0.2) is 36.4 Å². The Labute approximate surface area is 171 Å². The van der Waals surface area contributed by atoms with Gasteiger partial charge in [-0.25, -0.2) is 0 Å². The number of benzene rings is 2. The molecule has 2 aromatic rings. The Kier molecular flexibility index (Phi) is 8.88. The molecule has 0 aliphatic rings. The van der Waals surface area contributed by atoms with E-state index < -0.39 is 23.9 Å². The Balaban J connectivity index is 0.000000483. The van der Waals surface area contributed by atoms with Crippen molar-refractivity contribution in [2.24, 2.45) is 0 Å². The molecule has 0 aliphatic heterocycles. The molecule has 27 heavy (non-hydrogen) atoms. The van der Waals surface area contributed by atoms with Crippen molar-refractivity contribution in [3.8, 4) is 0 Å². The summed E-state index contributed by atoms with van der Waals surface area (Å²) in [5.74, 6) is -5.70. The summed E-state index contributed by atoms with van der Waals surface area (Å²) in [6.45, 7) is 0. The predicted octanol–water partition coefficient (Wildman–Crippen LogP) is -4.01. The van der Waals surface area contributed by atoms with Crippen LogP contribution in [0.1, 0.15) is 41.4 Å². The molecular formula is C16H10N2O8Zr. The number of aromatic carboxylic acids is 4. The van der Waals surface area contributed by atoms with Gasteiger partial charge in [0.25, 0.3) is 0 Å². The van der Waals surface area contributed by atoms with E-state index in [1.54, 1.807) is 0 Å². The zero-order chi connectivity index (χ0) is 20.0. The third kappa shape index (κ3) is 6.55. The second-order valence-electron chi connectivity index (χ2n) is 4.75. The minimum Gasteiger partial charge on any atom is -0.545 e. The van der Waals surface area contributed by atoms with Gasteiger partial charge in [0.15, 0.2) is 0 Å². The zero-order valence-electron chi connectivity index (χ0n) is 13.4. The van der Waals surface area contributed by atoms with Gasteiger partial charge in [-0.2, -0.15) is 0 Å². The first-order valence-electron chi connectivity index (χ1n) is 6.69. The Morgan fingerprint density at radius 3 is 1.07 bits per heavy atom. The van der Waals surface area contributed by atoms with E-state index in [0.717, 1.165) is 36.4 Å². The van der Waals surface area contributed by atoms with Gasteiger partial charge in [0.2, 0.25) is 0 Å². The van der Waals surface area contributed by atoms with Crippen LogP contribution in [0.25, 0.3) is 0 Å². The number of nitrogen functional groups attached to an aromatic ring is 2. The average molecular weight is 449 g/mol. The number of carboxylic acid groups (broad SMARTS) is 4. The maximum Gasteiger partial charge on any atom is 4.00 e. The minimum absolute atomic E-state index is 0. The first-order valence-corrected chi connectivity index (χ1v) is 6.69. The number of hydrogen-bond donors (Lipinski definition) is 2. The fourth-order valence-electron chi connectivity index (χ4n) is 1.75. The molecule has 4 N–H and O–H groups in total. The van der Waals surface area contributed by atoms with Gasteiger partial charge in [0, 0.05) is 22.5 Å². The maximum absolute atomic E-state index is 10.3. The molecule has 0 bridgehead atoms. The van der Waals surface area contributed by atoms with Gasteiger partial charge < -0.3 is 51.1 Å². The molecule has 0 heterocycles. The third-order valence-corrected chi connectivity index (χ3v) is 3.01. The number of hydrogen-bond acceptors (Lipinski definition) is 10. The third-order valence-electron chi connectivity index (χ3n) is 3.01. The van der Waals surface area contributed by atoms with E-state index in [1.165, 1.54) is 0 Å². The molecule has 0 unspecified atom stereocenters. The summed E-state index contributed by atoms with van der Waals surface area (Å²) in [5, 5.41) is 41.3. The maximum atomic E-state index is 10.3. The van der Waals surface area contributed by atoms with Gasteiger partial charge >= 0.3 is 26.2 Å². The van der Waals surface area contributed by atoms with Crippen molar-refractivity contribution >= 4 is 35.3 Å². The van der Waals surface area contributed by atoms with Crippen LogP contribution in [-0.4, -0.2) is 23.9 Å². The quantitative estimate of drug-likeness (QED) is 0.431. The summed E-state index contributed by atoms with van der Waals surface area (Å²) in [6, 6.07) is 6.35. The Morgan fingerprint density at radius 1 is 0.593 bits per heavy atom. The molecule has 0 atom stereocenters. The van der Waals surface area contributed by atoms with Gasteiger partial charge in [-0.15, -0.1) is 0 Å². The second kappa shape index (κ2) is 10.1. The van der Waals surface area contributed by atoms with Gasteiger partial charge in [-0.05, 0) is 23.3 Å². The van der Waals surface area contributed by atoms with Crippen LogP contribution < -0.4 is 31.9 Å². The van der Waals surface area contributed by atoms with E-state index in [0.29, 0.717) is 0 Å². The summed E-state index contributed by atoms with van der Waals surface area (Å²) < 4.78 is 0. The molecule has 0 fully saturated rings. The van der Waals surface area contributed by atoms with Crippen LogP contribution in [0, 0.1) is 0 Å². The van der Waals surface area contributed by atoms with Gasteiger partial charge in [0.05, 0.1) is 23.9 Å².